The van der Waals surface area contributed by atoms with E-state index < -0.39 is 10.0 Å². The van der Waals surface area contributed by atoms with Crippen molar-refractivity contribution < 1.29 is 26.4 Å². The van der Waals surface area contributed by atoms with Gasteiger partial charge in [-0.1, -0.05) is 30.3 Å². The Kier molecular flexibility index (Phi) is 7.68. The van der Waals surface area contributed by atoms with Crippen LogP contribution in [-0.4, -0.2) is 40.5 Å². The number of amides is 1. The number of rotatable bonds is 8. The smallest absolute Gasteiger partial charge is 0.261 e. The van der Waals surface area contributed by atoms with E-state index in [2.05, 4.69) is 15.0 Å². The van der Waals surface area contributed by atoms with E-state index in [-0.39, 0.29) is 16.6 Å². The first-order chi connectivity index (χ1) is 23.1. The van der Waals surface area contributed by atoms with Crippen molar-refractivity contribution in [3.8, 4) is 33.9 Å². The Bertz CT molecular complexity index is 2440. The van der Waals surface area contributed by atoms with Crippen LogP contribution in [0.4, 0.5) is 15.8 Å². The monoisotopic (exact) mass is 660 g/mol. The molecule has 0 radical (unpaired) electrons. The molecule has 0 aliphatic rings. The number of benzene rings is 5. The minimum absolute atomic E-state index is 0.155. The van der Waals surface area contributed by atoms with Crippen molar-refractivity contribution in [2.75, 3.05) is 30.8 Å². The van der Waals surface area contributed by atoms with E-state index in [0.29, 0.717) is 56.1 Å². The van der Waals surface area contributed by atoms with Gasteiger partial charge in [-0.3, -0.25) is 9.52 Å². The quantitative estimate of drug-likeness (QED) is 0.170. The number of hydrogen-bond acceptors (Lipinski definition) is 7. The fraction of sp³-hybridized carbons (Fsp3) is 0.0811. The number of fused-ring (bicyclic) bond motifs is 2. The van der Waals surface area contributed by atoms with Crippen LogP contribution in [-0.2, 0) is 10.0 Å². The van der Waals surface area contributed by atoms with Crippen LogP contribution < -0.4 is 14.9 Å². The second kappa shape index (κ2) is 12.0. The van der Waals surface area contributed by atoms with E-state index in [0.717, 1.165) is 16.8 Å². The third-order valence-corrected chi connectivity index (χ3v) is 9.36. The van der Waals surface area contributed by atoms with Crippen LogP contribution in [0.1, 0.15) is 10.4 Å². The third-order valence-electron chi connectivity index (χ3n) is 7.96. The highest BCUT2D eigenvalue weighted by Gasteiger charge is 2.24. The van der Waals surface area contributed by atoms with E-state index in [1.807, 2.05) is 55.4 Å². The highest BCUT2D eigenvalue weighted by atomic mass is 32.2. The molecular formula is C37H29FN4O5S. The number of nitrogens with one attached hydrogen (secondary N) is 2. The van der Waals surface area contributed by atoms with Crippen molar-refractivity contribution >= 4 is 49.4 Å². The molecule has 9 nitrogen and oxygen atoms in total. The predicted octanol–water partition coefficient (Wildman–Crippen LogP) is 7.94. The molecule has 48 heavy (non-hydrogen) atoms. The summed E-state index contributed by atoms with van der Waals surface area (Å²) in [7, 11) is 1.61. The lowest BCUT2D eigenvalue weighted by Crippen LogP contribution is -2.18. The molecule has 2 aromatic heterocycles. The van der Waals surface area contributed by atoms with Gasteiger partial charge in [0.1, 0.15) is 22.7 Å². The molecule has 0 saturated carbocycles. The zero-order valence-electron chi connectivity index (χ0n) is 26.1. The highest BCUT2D eigenvalue weighted by molar-refractivity contribution is 7.92. The summed E-state index contributed by atoms with van der Waals surface area (Å²) in [5, 5.41) is 3.31. The number of carbonyl (C=O) groups excluding carboxylic acids is 1. The van der Waals surface area contributed by atoms with Crippen LogP contribution in [0.3, 0.4) is 0 Å². The van der Waals surface area contributed by atoms with Gasteiger partial charge in [-0.25, -0.2) is 17.8 Å². The molecular weight excluding hydrogens is 631 g/mol. The first kappa shape index (κ1) is 30.7. The molecule has 2 heterocycles. The van der Waals surface area contributed by atoms with E-state index >= 15 is 0 Å². The number of hydrogen-bond donors (Lipinski definition) is 2. The highest BCUT2D eigenvalue weighted by Crippen LogP contribution is 2.41. The summed E-state index contributed by atoms with van der Waals surface area (Å²) in [6.07, 6.45) is 0. The molecule has 1 amide bonds. The molecule has 0 fully saturated rings. The number of furan rings is 1. The maximum atomic E-state index is 13.7. The molecule has 7 rings (SSSR count). The zero-order chi connectivity index (χ0) is 33.6. The zero-order valence-corrected chi connectivity index (χ0v) is 26.9. The largest absolute Gasteiger partial charge is 0.455 e. The molecule has 2 N–H and O–H groups in total. The Hall–Kier alpha value is -5.94. The predicted molar refractivity (Wildman–Crippen MR) is 185 cm³/mol. The van der Waals surface area contributed by atoms with Crippen LogP contribution in [0.2, 0.25) is 0 Å². The van der Waals surface area contributed by atoms with Crippen LogP contribution in [0.25, 0.3) is 56.0 Å². The summed E-state index contributed by atoms with van der Waals surface area (Å²) in [4.78, 5) is 20.0. The van der Waals surface area contributed by atoms with Gasteiger partial charge in [-0.15, -0.1) is 0 Å². The molecule has 7 aromatic rings. The summed E-state index contributed by atoms with van der Waals surface area (Å²) in [5.74, 6) is -0.0185. The summed E-state index contributed by atoms with van der Waals surface area (Å²) < 4.78 is 54.4. The number of oxazole rings is 1. The van der Waals surface area contributed by atoms with Gasteiger partial charge in [-0.05, 0) is 78.4 Å². The second-order valence-corrected chi connectivity index (χ2v) is 13.0. The molecule has 0 aliphatic carbocycles. The van der Waals surface area contributed by atoms with Crippen LogP contribution in [0.5, 0.6) is 0 Å². The second-order valence-electron chi connectivity index (χ2n) is 11.4. The number of aromatic nitrogens is 1. The van der Waals surface area contributed by atoms with Gasteiger partial charge in [0.05, 0.1) is 16.1 Å². The molecule has 0 saturated heterocycles. The molecule has 0 spiro atoms. The van der Waals surface area contributed by atoms with Crippen molar-refractivity contribution in [2.45, 2.75) is 4.90 Å². The first-order valence-corrected chi connectivity index (χ1v) is 16.4. The van der Waals surface area contributed by atoms with Gasteiger partial charge in [0.25, 0.3) is 15.9 Å². The third kappa shape index (κ3) is 5.64. The number of anilines is 2. The van der Waals surface area contributed by atoms with Crippen molar-refractivity contribution in [3.05, 3.63) is 121 Å². The summed E-state index contributed by atoms with van der Waals surface area (Å²) >= 11 is 0. The molecule has 11 heteroatoms. The maximum Gasteiger partial charge on any atom is 0.261 e. The van der Waals surface area contributed by atoms with E-state index in [1.165, 1.54) is 24.3 Å². The van der Waals surface area contributed by atoms with E-state index in [1.54, 1.807) is 55.6 Å². The van der Waals surface area contributed by atoms with Gasteiger partial charge in [0, 0.05) is 55.0 Å². The van der Waals surface area contributed by atoms with Crippen LogP contribution in [0, 0.1) is 5.82 Å². The standard InChI is InChI=1S/C37H29FN4O5S/c1-39-36(43)34-29-20-28(31(42(2)3)21-33(29)46-35(34)22-12-14-25(38)15-13-22)23-8-7-9-24(18-23)37-40-30-19-26(16-17-32(30)47-37)41-48(44,45)27-10-5-4-6-11-27/h4-21,41H,1-3H3,(H,39,43). The average Bonchev–Trinajstić information content (AvgIpc) is 3.69. The molecule has 0 unspecified atom stereocenters. The van der Waals surface area contributed by atoms with Gasteiger partial charge in [0.2, 0.25) is 5.89 Å². The molecule has 240 valence electrons. The minimum Gasteiger partial charge on any atom is -0.455 e. The Morgan fingerprint density at radius 2 is 1.54 bits per heavy atom. The van der Waals surface area contributed by atoms with Gasteiger partial charge >= 0.3 is 0 Å². The SMILES string of the molecule is CNC(=O)c1c(-c2ccc(F)cc2)oc2cc(N(C)C)c(-c3cccc(-c4nc5cc(NS(=O)(=O)c6ccccc6)ccc5o4)c3)cc12. The van der Waals surface area contributed by atoms with Crippen LogP contribution in [0.15, 0.2) is 123 Å². The minimum atomic E-state index is -3.78. The van der Waals surface area contributed by atoms with Crippen LogP contribution >= 0.6 is 0 Å². The van der Waals surface area contributed by atoms with Gasteiger partial charge in [-0.2, -0.15) is 0 Å². The fourth-order valence-corrected chi connectivity index (χ4v) is 6.71. The average molecular weight is 661 g/mol. The number of carbonyl (C=O) groups is 1. The van der Waals surface area contributed by atoms with E-state index in [4.69, 9.17) is 8.83 Å². The van der Waals surface area contributed by atoms with Crippen molar-refractivity contribution in [1.82, 2.24) is 10.3 Å². The molecule has 0 atom stereocenters. The topological polar surface area (TPSA) is 118 Å². The Labute approximate surface area is 275 Å². The summed E-state index contributed by atoms with van der Waals surface area (Å²) in [6.45, 7) is 0. The Morgan fingerprint density at radius 3 is 2.27 bits per heavy atom. The first-order valence-electron chi connectivity index (χ1n) is 15.0. The molecule has 0 aliphatic heterocycles. The fourth-order valence-electron chi connectivity index (χ4n) is 5.64. The number of halogens is 1. The molecule has 5 aromatic carbocycles. The van der Waals surface area contributed by atoms with Crippen molar-refractivity contribution in [1.29, 1.82) is 0 Å². The van der Waals surface area contributed by atoms with E-state index in [9.17, 15) is 17.6 Å². The van der Waals surface area contributed by atoms with Crippen molar-refractivity contribution in [3.63, 3.8) is 0 Å². The lowest BCUT2D eigenvalue weighted by Gasteiger charge is -2.18. The summed E-state index contributed by atoms with van der Waals surface area (Å²) in [6, 6.07) is 30.3. The Morgan fingerprint density at radius 1 is 0.792 bits per heavy atom. The lowest BCUT2D eigenvalue weighted by atomic mass is 9.97. The van der Waals surface area contributed by atoms with Gasteiger partial charge < -0.3 is 19.1 Å². The molecule has 0 bridgehead atoms. The number of sulfonamides is 1. The summed E-state index contributed by atoms with van der Waals surface area (Å²) in [5.41, 5.74) is 5.99. The maximum absolute atomic E-state index is 13.7. The van der Waals surface area contributed by atoms with Crippen molar-refractivity contribution in [2.24, 2.45) is 0 Å². The van der Waals surface area contributed by atoms with Gasteiger partial charge in [0.15, 0.2) is 5.58 Å². The Balaban J connectivity index is 1.29. The lowest BCUT2D eigenvalue weighted by molar-refractivity contribution is 0.0964. The number of nitrogens with zero attached hydrogens (tertiary/aromatic N) is 2. The normalized spacial score (nSPS) is 11.6.